The van der Waals surface area contributed by atoms with Gasteiger partial charge in [0, 0.05) is 6.08 Å². The Labute approximate surface area is 151 Å². The summed E-state index contributed by atoms with van der Waals surface area (Å²) in [6.45, 7) is 4.72. The summed E-state index contributed by atoms with van der Waals surface area (Å²) in [4.78, 5) is 23.1. The first-order chi connectivity index (χ1) is 12.0. The first-order valence-corrected chi connectivity index (χ1v) is 8.95. The van der Waals surface area contributed by atoms with Crippen molar-refractivity contribution in [1.29, 1.82) is 0 Å². The quantitative estimate of drug-likeness (QED) is 0.302. The second kappa shape index (κ2) is 7.70. The number of halogens is 5. The van der Waals surface area contributed by atoms with Gasteiger partial charge in [0.15, 0.2) is 0 Å². The van der Waals surface area contributed by atoms with Crippen molar-refractivity contribution in [2.24, 2.45) is 5.92 Å². The molecule has 1 fully saturated rings. The van der Waals surface area contributed by atoms with Gasteiger partial charge >= 0.3 is 33.5 Å². The second-order valence-corrected chi connectivity index (χ2v) is 7.74. The maximum Gasteiger partial charge on any atom is 0.432 e. The van der Waals surface area contributed by atoms with Gasteiger partial charge < -0.3 is 9.47 Å². The van der Waals surface area contributed by atoms with Crippen molar-refractivity contribution < 1.29 is 54.0 Å². The fraction of sp³-hybridized carbons (Fsp3) is 0.714. The van der Waals surface area contributed by atoms with Gasteiger partial charge in [0.25, 0.3) is 6.10 Å². The van der Waals surface area contributed by atoms with Crippen LogP contribution in [0.4, 0.5) is 22.0 Å². The smallest absolute Gasteiger partial charge is 0.432 e. The zero-order valence-corrected chi connectivity index (χ0v) is 14.8. The summed E-state index contributed by atoms with van der Waals surface area (Å²) in [6.07, 6.45) is -9.66. The molecule has 7 nitrogen and oxygen atoms in total. The van der Waals surface area contributed by atoms with Crippen LogP contribution in [0.15, 0.2) is 12.7 Å². The number of ether oxygens (including phenoxy) is 2. The van der Waals surface area contributed by atoms with Crippen molar-refractivity contribution in [3.63, 3.8) is 0 Å². The lowest BCUT2D eigenvalue weighted by Crippen LogP contribution is -2.53. The Balaban J connectivity index is 2.88. The number of hydrogen-bond acceptors (Lipinski definition) is 6. The average Bonchev–Trinajstić information content (AvgIpc) is 2.50. The SMILES string of the molecule is C=CC(=O)OC1(C)CCC(C(=O)OC(C(F)(F)F)C(F)(F)S(=O)(=O)O)CC1. The standard InChI is InChI=1S/C14H17F5O7S/c1-3-9(20)26-12(2)6-4-8(5-7-12)10(21)25-11(13(15,16)17)14(18,19)27(22,23)24/h3,8,11H,1,4-7H2,2H3,(H,22,23,24). The molecule has 1 rings (SSSR count). The Hall–Kier alpha value is -1.76. The molecule has 27 heavy (non-hydrogen) atoms. The number of esters is 2. The van der Waals surface area contributed by atoms with E-state index in [0.717, 1.165) is 6.08 Å². The van der Waals surface area contributed by atoms with Gasteiger partial charge in [-0.05, 0) is 32.6 Å². The highest BCUT2D eigenvalue weighted by Gasteiger charge is 2.66. The predicted molar refractivity (Wildman–Crippen MR) is 79.1 cm³/mol. The molecule has 1 N–H and O–H groups in total. The van der Waals surface area contributed by atoms with Crippen LogP contribution in [0.3, 0.4) is 0 Å². The molecule has 0 spiro atoms. The van der Waals surface area contributed by atoms with Crippen LogP contribution >= 0.6 is 0 Å². The maximum atomic E-state index is 13.4. The van der Waals surface area contributed by atoms with Crippen LogP contribution in [-0.4, -0.2) is 48.0 Å². The molecule has 0 radical (unpaired) electrons. The van der Waals surface area contributed by atoms with Gasteiger partial charge in [0.2, 0.25) is 0 Å². The third-order valence-corrected chi connectivity index (χ3v) is 4.97. The molecule has 1 saturated carbocycles. The van der Waals surface area contributed by atoms with Crippen molar-refractivity contribution in [2.45, 2.75) is 55.7 Å². The minimum atomic E-state index is -6.49. The fourth-order valence-corrected chi connectivity index (χ4v) is 2.98. The highest BCUT2D eigenvalue weighted by atomic mass is 32.2. The molecule has 13 heteroatoms. The van der Waals surface area contributed by atoms with E-state index in [1.54, 1.807) is 0 Å². The number of alkyl halides is 5. The fourth-order valence-electron chi connectivity index (χ4n) is 2.52. The molecule has 0 bridgehead atoms. The van der Waals surface area contributed by atoms with E-state index in [1.165, 1.54) is 6.92 Å². The van der Waals surface area contributed by atoms with Crippen LogP contribution in [0.25, 0.3) is 0 Å². The van der Waals surface area contributed by atoms with E-state index in [9.17, 15) is 40.0 Å². The molecular weight excluding hydrogens is 407 g/mol. The summed E-state index contributed by atoms with van der Waals surface area (Å²) in [7, 11) is -6.49. The maximum absolute atomic E-state index is 13.4. The lowest BCUT2D eigenvalue weighted by atomic mass is 9.79. The van der Waals surface area contributed by atoms with Crippen molar-refractivity contribution >= 4 is 22.1 Å². The first kappa shape index (κ1) is 23.3. The Bertz CT molecular complexity index is 693. The molecule has 0 aromatic rings. The van der Waals surface area contributed by atoms with Gasteiger partial charge in [-0.3, -0.25) is 9.35 Å². The minimum Gasteiger partial charge on any atom is -0.456 e. The Morgan fingerprint density at radius 3 is 2.07 bits per heavy atom. The average molecular weight is 424 g/mol. The molecule has 1 unspecified atom stereocenters. The van der Waals surface area contributed by atoms with Crippen molar-refractivity contribution in [3.8, 4) is 0 Å². The van der Waals surface area contributed by atoms with Crippen LogP contribution in [0.2, 0.25) is 0 Å². The van der Waals surface area contributed by atoms with Gasteiger partial charge in [-0.25, -0.2) is 4.79 Å². The van der Waals surface area contributed by atoms with Crippen molar-refractivity contribution in [3.05, 3.63) is 12.7 Å². The van der Waals surface area contributed by atoms with Crippen molar-refractivity contribution in [2.75, 3.05) is 0 Å². The summed E-state index contributed by atoms with van der Waals surface area (Å²) in [6, 6.07) is 0. The van der Waals surface area contributed by atoms with E-state index in [2.05, 4.69) is 11.3 Å². The Morgan fingerprint density at radius 2 is 1.70 bits per heavy atom. The van der Waals surface area contributed by atoms with Gasteiger partial charge in [-0.15, -0.1) is 0 Å². The predicted octanol–water partition coefficient (Wildman–Crippen LogP) is 2.62. The summed E-state index contributed by atoms with van der Waals surface area (Å²) in [5, 5.41) is -5.77. The lowest BCUT2D eigenvalue weighted by Gasteiger charge is -2.36. The molecule has 156 valence electrons. The van der Waals surface area contributed by atoms with Gasteiger partial charge in [0.1, 0.15) is 5.60 Å². The molecule has 1 atom stereocenters. The third-order valence-electron chi connectivity index (χ3n) is 4.07. The Morgan fingerprint density at radius 1 is 1.22 bits per heavy atom. The highest BCUT2D eigenvalue weighted by molar-refractivity contribution is 7.86. The van der Waals surface area contributed by atoms with E-state index < -0.39 is 51.1 Å². The van der Waals surface area contributed by atoms with Crippen LogP contribution in [0.1, 0.15) is 32.6 Å². The molecule has 0 heterocycles. The van der Waals surface area contributed by atoms with Gasteiger partial charge in [0.05, 0.1) is 5.92 Å². The van der Waals surface area contributed by atoms with E-state index in [-0.39, 0.29) is 25.7 Å². The van der Waals surface area contributed by atoms with Crippen molar-refractivity contribution in [1.82, 2.24) is 0 Å². The summed E-state index contributed by atoms with van der Waals surface area (Å²) < 4.78 is 103. The molecule has 0 amide bonds. The van der Waals surface area contributed by atoms with Gasteiger partial charge in [-0.1, -0.05) is 6.58 Å². The summed E-state index contributed by atoms with van der Waals surface area (Å²) in [5.41, 5.74) is -1.02. The largest absolute Gasteiger partial charge is 0.456 e. The molecule has 0 aliphatic heterocycles. The van der Waals surface area contributed by atoms with E-state index in [4.69, 9.17) is 9.29 Å². The zero-order valence-electron chi connectivity index (χ0n) is 14.0. The second-order valence-electron chi connectivity index (χ2n) is 6.24. The normalized spacial score (nSPS) is 25.4. The van der Waals surface area contributed by atoms with Crippen LogP contribution in [0.5, 0.6) is 0 Å². The van der Waals surface area contributed by atoms with Gasteiger partial charge in [-0.2, -0.15) is 30.4 Å². The molecule has 0 saturated heterocycles. The van der Waals surface area contributed by atoms with E-state index in [1.807, 2.05) is 0 Å². The van der Waals surface area contributed by atoms with Crippen LogP contribution in [-0.2, 0) is 29.2 Å². The minimum absolute atomic E-state index is 0.0255. The number of carbonyl (C=O) groups is 2. The highest BCUT2D eigenvalue weighted by Crippen LogP contribution is 2.40. The number of rotatable bonds is 6. The molecule has 1 aliphatic rings. The summed E-state index contributed by atoms with van der Waals surface area (Å²) >= 11 is 0. The van der Waals surface area contributed by atoms with Crippen LogP contribution < -0.4 is 0 Å². The molecular formula is C14H17F5O7S. The number of hydrogen-bond donors (Lipinski definition) is 1. The topological polar surface area (TPSA) is 107 Å². The first-order valence-electron chi connectivity index (χ1n) is 7.51. The zero-order chi connectivity index (χ0) is 21.3. The number of carbonyl (C=O) groups excluding carboxylic acids is 2. The molecule has 0 aromatic heterocycles. The third kappa shape index (κ3) is 5.61. The lowest BCUT2D eigenvalue weighted by molar-refractivity contribution is -0.261. The Kier molecular flexibility index (Phi) is 6.64. The van der Waals surface area contributed by atoms with E-state index in [0.29, 0.717) is 0 Å². The van der Waals surface area contributed by atoms with E-state index >= 15 is 0 Å². The summed E-state index contributed by atoms with van der Waals surface area (Å²) in [5.74, 6) is -3.69. The molecule has 1 aliphatic carbocycles. The molecule has 0 aromatic carbocycles. The van der Waals surface area contributed by atoms with Crippen LogP contribution in [0, 0.1) is 5.92 Å². The monoisotopic (exact) mass is 424 g/mol.